The summed E-state index contributed by atoms with van der Waals surface area (Å²) in [5.74, 6) is -0.568. The summed E-state index contributed by atoms with van der Waals surface area (Å²) in [4.78, 5) is 31.1. The molecule has 41 heavy (non-hydrogen) atoms. The summed E-state index contributed by atoms with van der Waals surface area (Å²) in [6.45, 7) is 1.68. The highest BCUT2D eigenvalue weighted by Gasteiger charge is 2.35. The number of benzene rings is 2. The van der Waals surface area contributed by atoms with Gasteiger partial charge in [-0.1, -0.05) is 48.6 Å². The number of para-hydroxylation sites is 1. The molecule has 11 nitrogen and oxygen atoms in total. The first kappa shape index (κ1) is 26.0. The highest BCUT2D eigenvalue weighted by molar-refractivity contribution is 5.91. The monoisotopic (exact) mass is 551 g/mol. The Labute approximate surface area is 233 Å². The molecule has 2 N–H and O–H groups in total. The van der Waals surface area contributed by atoms with Crippen LogP contribution in [0.15, 0.2) is 110 Å². The number of carbonyl (C=O) groups is 1. The third-order valence-corrected chi connectivity index (χ3v) is 6.98. The molecular weight excluding hydrogens is 526 g/mol. The fourth-order valence-electron chi connectivity index (χ4n) is 5.06. The number of carbonyl (C=O) groups excluding carboxylic acids is 1. The fourth-order valence-corrected chi connectivity index (χ4v) is 5.06. The van der Waals surface area contributed by atoms with E-state index in [0.717, 1.165) is 11.3 Å². The molecule has 206 valence electrons. The second-order valence-electron chi connectivity index (χ2n) is 9.50. The highest BCUT2D eigenvalue weighted by atomic mass is 16.8. The number of rotatable bonds is 6. The molecule has 0 saturated heterocycles. The van der Waals surface area contributed by atoms with Gasteiger partial charge in [-0.15, -0.1) is 5.23 Å². The van der Waals surface area contributed by atoms with Crippen LogP contribution in [-0.2, 0) is 9.53 Å². The maximum atomic E-state index is 13.9. The zero-order valence-electron chi connectivity index (χ0n) is 22.1. The molecule has 0 bridgehead atoms. The van der Waals surface area contributed by atoms with Crippen LogP contribution in [0.3, 0.4) is 0 Å². The SMILES string of the molecule is COC(=O)C1=C(C)N=c2oc(=Cc3cn(-c4ccccc4)nc3-c3cccc(N(O)O)c3)c(=O)n2C1C1=CC=CC1. The predicted molar refractivity (Wildman–Crippen MR) is 148 cm³/mol. The maximum Gasteiger partial charge on any atom is 0.338 e. The third-order valence-electron chi connectivity index (χ3n) is 6.98. The molecule has 3 heterocycles. The van der Waals surface area contributed by atoms with Gasteiger partial charge in [-0.3, -0.25) is 15.2 Å². The van der Waals surface area contributed by atoms with Crippen LogP contribution in [0.4, 0.5) is 5.69 Å². The lowest BCUT2D eigenvalue weighted by Crippen LogP contribution is -2.40. The summed E-state index contributed by atoms with van der Waals surface area (Å²) >= 11 is 0. The molecule has 6 rings (SSSR count). The van der Waals surface area contributed by atoms with Gasteiger partial charge in [0.05, 0.1) is 35.8 Å². The van der Waals surface area contributed by atoms with E-state index in [9.17, 15) is 20.0 Å². The molecular formula is C30H25N5O6. The number of hydrogen-bond acceptors (Lipinski definition) is 9. The number of aromatic nitrogens is 3. The van der Waals surface area contributed by atoms with Crippen LogP contribution < -0.4 is 21.9 Å². The molecule has 0 amide bonds. The van der Waals surface area contributed by atoms with Crippen LogP contribution in [0.1, 0.15) is 24.9 Å². The number of allylic oxidation sites excluding steroid dienone is 5. The number of nitrogens with zero attached hydrogens (tertiary/aromatic N) is 5. The van der Waals surface area contributed by atoms with E-state index in [1.54, 1.807) is 42.1 Å². The number of fused-ring (bicyclic) bond motifs is 1. The van der Waals surface area contributed by atoms with Gasteiger partial charge in [-0.2, -0.15) is 5.10 Å². The lowest BCUT2D eigenvalue weighted by atomic mass is 9.95. The molecule has 2 aliphatic rings. The van der Waals surface area contributed by atoms with Crippen molar-refractivity contribution in [3.8, 4) is 16.9 Å². The van der Waals surface area contributed by atoms with Crippen molar-refractivity contribution in [3.63, 3.8) is 0 Å². The van der Waals surface area contributed by atoms with Crippen molar-refractivity contribution in [2.45, 2.75) is 19.4 Å². The van der Waals surface area contributed by atoms with E-state index in [1.165, 1.54) is 17.7 Å². The Morgan fingerprint density at radius 2 is 1.98 bits per heavy atom. The Morgan fingerprint density at radius 1 is 1.17 bits per heavy atom. The molecule has 4 aromatic rings. The number of ether oxygens (including phenoxy) is 1. The van der Waals surface area contributed by atoms with Gasteiger partial charge in [0.2, 0.25) is 0 Å². The van der Waals surface area contributed by atoms with Crippen molar-refractivity contribution < 1.29 is 24.4 Å². The smallest absolute Gasteiger partial charge is 0.338 e. The van der Waals surface area contributed by atoms with Crippen molar-refractivity contribution in [2.75, 3.05) is 12.3 Å². The van der Waals surface area contributed by atoms with E-state index in [-0.39, 0.29) is 27.6 Å². The van der Waals surface area contributed by atoms with E-state index < -0.39 is 17.6 Å². The minimum atomic E-state index is -0.730. The molecule has 0 fully saturated rings. The molecule has 1 atom stereocenters. The minimum Gasteiger partial charge on any atom is -0.466 e. The van der Waals surface area contributed by atoms with Crippen molar-refractivity contribution >= 4 is 17.7 Å². The average Bonchev–Trinajstić information content (AvgIpc) is 3.73. The summed E-state index contributed by atoms with van der Waals surface area (Å²) in [6.07, 6.45) is 9.58. The van der Waals surface area contributed by atoms with Crippen LogP contribution in [-0.4, -0.2) is 37.8 Å². The molecule has 2 aromatic heterocycles. The van der Waals surface area contributed by atoms with E-state index in [1.807, 2.05) is 48.6 Å². The van der Waals surface area contributed by atoms with Gasteiger partial charge in [0.15, 0.2) is 5.42 Å². The summed E-state index contributed by atoms with van der Waals surface area (Å²) in [5, 5.41) is 23.9. The van der Waals surface area contributed by atoms with Crippen LogP contribution in [0, 0.1) is 0 Å². The van der Waals surface area contributed by atoms with Crippen LogP contribution in [0.2, 0.25) is 0 Å². The number of methoxy groups -OCH3 is 1. The van der Waals surface area contributed by atoms with E-state index >= 15 is 0 Å². The Balaban J connectivity index is 1.55. The first-order chi connectivity index (χ1) is 19.9. The van der Waals surface area contributed by atoms with Gasteiger partial charge in [0.1, 0.15) is 5.69 Å². The minimum absolute atomic E-state index is 0.00446. The Morgan fingerprint density at radius 3 is 2.68 bits per heavy atom. The lowest BCUT2D eigenvalue weighted by Gasteiger charge is -2.24. The van der Waals surface area contributed by atoms with E-state index in [2.05, 4.69) is 4.99 Å². The average molecular weight is 552 g/mol. The van der Waals surface area contributed by atoms with Gasteiger partial charge in [0, 0.05) is 17.3 Å². The van der Waals surface area contributed by atoms with Crippen molar-refractivity contribution in [3.05, 3.63) is 123 Å². The summed E-state index contributed by atoms with van der Waals surface area (Å²) in [7, 11) is 1.29. The summed E-state index contributed by atoms with van der Waals surface area (Å²) in [6, 6.07) is 15.2. The molecule has 11 heteroatoms. The Hall–Kier alpha value is -5.26. The van der Waals surface area contributed by atoms with Crippen LogP contribution in [0.25, 0.3) is 23.0 Å². The third kappa shape index (κ3) is 4.62. The lowest BCUT2D eigenvalue weighted by molar-refractivity contribution is -0.136. The van der Waals surface area contributed by atoms with E-state index in [4.69, 9.17) is 14.3 Å². The molecule has 0 spiro atoms. The molecule has 1 aliphatic carbocycles. The van der Waals surface area contributed by atoms with Crippen molar-refractivity contribution in [1.29, 1.82) is 0 Å². The number of hydrogen-bond donors (Lipinski definition) is 2. The number of esters is 1. The van der Waals surface area contributed by atoms with Crippen molar-refractivity contribution in [2.24, 2.45) is 4.99 Å². The maximum absolute atomic E-state index is 13.9. The highest BCUT2D eigenvalue weighted by Crippen LogP contribution is 2.34. The summed E-state index contributed by atoms with van der Waals surface area (Å²) in [5.41, 5.74) is 3.60. The largest absolute Gasteiger partial charge is 0.466 e. The van der Waals surface area contributed by atoms with Gasteiger partial charge >= 0.3 is 11.7 Å². The second kappa shape index (κ2) is 10.4. The standard InChI is InChI=1S/C30H25N5O6/c1-18-25(29(37)40-2)27(19-9-6-7-10-19)34-28(36)24(41-30(34)31-18)16-21-17-33(22-12-4-3-5-13-22)32-26(21)20-11-8-14-23(15-20)35(38)39/h3-9,11-17,27,38-39H,10H2,1-2H3. The normalized spacial score (nSPS) is 16.4. The number of oxazole rings is 1. The Kier molecular flexibility index (Phi) is 6.58. The fraction of sp³-hybridized carbons (Fsp3) is 0.133. The zero-order valence-corrected chi connectivity index (χ0v) is 22.1. The van der Waals surface area contributed by atoms with E-state index in [0.29, 0.717) is 28.9 Å². The second-order valence-corrected chi connectivity index (χ2v) is 9.50. The van der Waals surface area contributed by atoms with Gasteiger partial charge in [-0.25, -0.2) is 19.0 Å². The zero-order chi connectivity index (χ0) is 28.7. The first-order valence-corrected chi connectivity index (χ1v) is 12.8. The van der Waals surface area contributed by atoms with Crippen LogP contribution in [0.5, 0.6) is 0 Å². The first-order valence-electron chi connectivity index (χ1n) is 12.8. The quantitative estimate of drug-likeness (QED) is 0.276. The van der Waals surface area contributed by atoms with Gasteiger partial charge in [-0.05, 0) is 49.3 Å². The van der Waals surface area contributed by atoms with Crippen LogP contribution >= 0.6 is 0 Å². The number of anilines is 1. The molecule has 1 aliphatic heterocycles. The molecule has 0 saturated carbocycles. The Bertz CT molecular complexity index is 1940. The molecule has 0 radical (unpaired) electrons. The topological polar surface area (TPSA) is 135 Å². The molecule has 2 aromatic carbocycles. The summed E-state index contributed by atoms with van der Waals surface area (Å²) < 4.78 is 14.1. The predicted octanol–water partition coefficient (Wildman–Crippen LogP) is 3.22. The van der Waals surface area contributed by atoms with Gasteiger partial charge in [0.25, 0.3) is 5.56 Å². The van der Waals surface area contributed by atoms with Crippen molar-refractivity contribution in [1.82, 2.24) is 14.3 Å². The molecule has 1 unspecified atom stereocenters. The van der Waals surface area contributed by atoms with Gasteiger partial charge < -0.3 is 9.15 Å².